The smallest absolute Gasteiger partial charge is 0.251 e. The highest BCUT2D eigenvalue weighted by atomic mass is 16.7. The summed E-state index contributed by atoms with van der Waals surface area (Å²) in [4.78, 5) is 12.1. The second kappa shape index (κ2) is 20.0. The number of unbranched alkanes of at least 4 members (excludes halogenated alkanes) is 11. The lowest BCUT2D eigenvalue weighted by Gasteiger charge is -2.40. The molecule has 0 aliphatic carbocycles. The number of ether oxygens (including phenoxy) is 2. The van der Waals surface area contributed by atoms with Crippen LogP contribution in [0.5, 0.6) is 0 Å². The first-order valence-electron chi connectivity index (χ1n) is 14.1. The Morgan fingerprint density at radius 1 is 0.789 bits per heavy atom. The van der Waals surface area contributed by atoms with Gasteiger partial charge in [0, 0.05) is 6.54 Å². The van der Waals surface area contributed by atoms with Crippen LogP contribution in [0.25, 0.3) is 0 Å². The van der Waals surface area contributed by atoms with E-state index in [0.717, 1.165) is 19.3 Å². The van der Waals surface area contributed by atoms with E-state index in [-0.39, 0.29) is 0 Å². The molecule has 1 fully saturated rings. The fourth-order valence-electron chi connectivity index (χ4n) is 4.35. The summed E-state index contributed by atoms with van der Waals surface area (Å²) in [6, 6.07) is 0. The van der Waals surface area contributed by atoms with Crippen molar-refractivity contribution < 1.29 is 55.1 Å². The summed E-state index contributed by atoms with van der Waals surface area (Å²) in [6.07, 6.45) is -1.47. The van der Waals surface area contributed by atoms with Gasteiger partial charge in [0.2, 0.25) is 0 Å². The lowest BCUT2D eigenvalue weighted by Crippen LogP contribution is -2.59. The van der Waals surface area contributed by atoms with Gasteiger partial charge in [0.05, 0.1) is 13.2 Å². The molecule has 0 aromatic heterocycles. The fraction of sp³-hybridized carbons (Fsp3) is 0.962. The van der Waals surface area contributed by atoms with Crippen molar-refractivity contribution in [1.82, 2.24) is 5.32 Å². The van der Waals surface area contributed by atoms with Crippen LogP contribution in [-0.2, 0) is 14.3 Å². The Kier molecular flexibility index (Phi) is 18.5. The average Bonchev–Trinajstić information content (AvgIpc) is 2.92. The van der Waals surface area contributed by atoms with Crippen LogP contribution in [0.3, 0.4) is 0 Å². The number of hydrogen-bond acceptors (Lipinski definition) is 11. The molecule has 12 nitrogen and oxygen atoms in total. The molecule has 9 N–H and O–H groups in total. The standard InChI is InChI=1S/C26H51NO11/c1-2-3-4-5-6-7-8-9-10-11-12-13-14-27-25(36)23(34)21(32)19(30)17(29)16-37-26-24(35)22(33)20(31)18(15-28)38-26/h17-24,26,28-35H,2-16H2,1H3,(H,27,36)/t17-,18?,19-,20+,21+,22?,23-,24?,26+/m1/s1. The number of nitrogens with one attached hydrogen (secondary N) is 1. The van der Waals surface area contributed by atoms with E-state index in [2.05, 4.69) is 12.2 Å². The third-order valence-corrected chi connectivity index (χ3v) is 6.95. The number of carbonyl (C=O) groups excluding carboxylic acids is 1. The number of carbonyl (C=O) groups is 1. The minimum absolute atomic E-state index is 0.304. The summed E-state index contributed by atoms with van der Waals surface area (Å²) in [5.41, 5.74) is 0. The van der Waals surface area contributed by atoms with E-state index in [9.17, 15) is 45.6 Å². The minimum Gasteiger partial charge on any atom is -0.394 e. The van der Waals surface area contributed by atoms with Crippen molar-refractivity contribution >= 4 is 5.91 Å². The van der Waals surface area contributed by atoms with Gasteiger partial charge in [-0.15, -0.1) is 0 Å². The Labute approximate surface area is 225 Å². The van der Waals surface area contributed by atoms with Gasteiger partial charge in [0.1, 0.15) is 42.7 Å². The van der Waals surface area contributed by atoms with E-state index >= 15 is 0 Å². The number of rotatable bonds is 21. The van der Waals surface area contributed by atoms with Crippen molar-refractivity contribution in [2.24, 2.45) is 0 Å². The van der Waals surface area contributed by atoms with Gasteiger partial charge in [0.15, 0.2) is 12.4 Å². The molecule has 1 saturated heterocycles. The molecule has 3 unspecified atom stereocenters. The van der Waals surface area contributed by atoms with Gasteiger partial charge in [-0.2, -0.15) is 0 Å². The number of amides is 1. The molecule has 0 aromatic carbocycles. The maximum atomic E-state index is 12.1. The monoisotopic (exact) mass is 553 g/mol. The van der Waals surface area contributed by atoms with E-state index in [1.165, 1.54) is 51.4 Å². The lowest BCUT2D eigenvalue weighted by atomic mass is 9.99. The number of hydrogen-bond donors (Lipinski definition) is 9. The van der Waals surface area contributed by atoms with Crippen molar-refractivity contribution in [2.45, 2.75) is 139 Å². The molecule has 1 aliphatic heterocycles. The van der Waals surface area contributed by atoms with E-state index in [1.54, 1.807) is 0 Å². The van der Waals surface area contributed by atoms with Crippen LogP contribution >= 0.6 is 0 Å². The molecule has 1 aliphatic rings. The van der Waals surface area contributed by atoms with Crippen LogP contribution in [0, 0.1) is 0 Å². The first kappa shape index (κ1) is 35.1. The predicted molar refractivity (Wildman–Crippen MR) is 138 cm³/mol. The Balaban J connectivity index is 2.21. The quantitative estimate of drug-likeness (QED) is 0.0792. The molecular formula is C26H51NO11. The van der Waals surface area contributed by atoms with E-state index in [0.29, 0.717) is 13.0 Å². The molecule has 38 heavy (non-hydrogen) atoms. The van der Waals surface area contributed by atoms with Gasteiger partial charge >= 0.3 is 0 Å². The molecule has 1 rings (SSSR count). The van der Waals surface area contributed by atoms with Crippen molar-refractivity contribution in [3.63, 3.8) is 0 Å². The van der Waals surface area contributed by atoms with Crippen LogP contribution in [0.2, 0.25) is 0 Å². The molecule has 12 heteroatoms. The summed E-state index contributed by atoms with van der Waals surface area (Å²) in [6.45, 7) is 1.13. The maximum Gasteiger partial charge on any atom is 0.251 e. The van der Waals surface area contributed by atoms with Gasteiger partial charge in [-0.25, -0.2) is 0 Å². The average molecular weight is 554 g/mol. The van der Waals surface area contributed by atoms with Gasteiger partial charge in [-0.05, 0) is 6.42 Å². The topological polar surface area (TPSA) is 209 Å². The third-order valence-electron chi connectivity index (χ3n) is 6.95. The highest BCUT2D eigenvalue weighted by Crippen LogP contribution is 2.22. The summed E-state index contributed by atoms with van der Waals surface area (Å²) in [5, 5.41) is 81.5. The molecular weight excluding hydrogens is 502 g/mol. The van der Waals surface area contributed by atoms with Gasteiger partial charge in [-0.1, -0.05) is 77.6 Å². The van der Waals surface area contributed by atoms with Crippen LogP contribution in [0.1, 0.15) is 84.0 Å². The molecule has 1 amide bonds. The van der Waals surface area contributed by atoms with Crippen LogP contribution in [0.4, 0.5) is 0 Å². The minimum atomic E-state index is -2.02. The summed E-state index contributed by atoms with van der Waals surface area (Å²) in [5.74, 6) is -0.887. The summed E-state index contributed by atoms with van der Waals surface area (Å²) in [7, 11) is 0. The number of aliphatic hydroxyl groups is 8. The fourth-order valence-corrected chi connectivity index (χ4v) is 4.35. The van der Waals surface area contributed by atoms with E-state index < -0.39 is 74.2 Å². The first-order valence-corrected chi connectivity index (χ1v) is 14.1. The van der Waals surface area contributed by atoms with Gasteiger partial charge in [-0.3, -0.25) is 4.79 Å². The van der Waals surface area contributed by atoms with Crippen molar-refractivity contribution in [2.75, 3.05) is 19.8 Å². The Morgan fingerprint density at radius 3 is 1.84 bits per heavy atom. The largest absolute Gasteiger partial charge is 0.394 e. The highest BCUT2D eigenvalue weighted by Gasteiger charge is 2.44. The Morgan fingerprint density at radius 2 is 1.32 bits per heavy atom. The summed E-state index contributed by atoms with van der Waals surface area (Å²) < 4.78 is 10.2. The Bertz CT molecular complexity index is 612. The predicted octanol–water partition coefficient (Wildman–Crippen LogP) is -0.936. The zero-order valence-corrected chi connectivity index (χ0v) is 22.6. The first-order chi connectivity index (χ1) is 18.1. The van der Waals surface area contributed by atoms with Gasteiger partial charge in [0.25, 0.3) is 5.91 Å². The van der Waals surface area contributed by atoms with Gasteiger partial charge < -0.3 is 55.6 Å². The maximum absolute atomic E-state index is 12.1. The van der Waals surface area contributed by atoms with Crippen LogP contribution in [-0.4, -0.2) is 122 Å². The van der Waals surface area contributed by atoms with Crippen molar-refractivity contribution in [3.05, 3.63) is 0 Å². The van der Waals surface area contributed by atoms with Crippen LogP contribution in [0.15, 0.2) is 0 Å². The second-order valence-electron chi connectivity index (χ2n) is 10.2. The third kappa shape index (κ3) is 12.5. The van der Waals surface area contributed by atoms with Crippen molar-refractivity contribution in [1.29, 1.82) is 0 Å². The molecule has 0 aromatic rings. The molecule has 9 atom stereocenters. The van der Waals surface area contributed by atoms with Crippen molar-refractivity contribution in [3.8, 4) is 0 Å². The molecule has 1 heterocycles. The van der Waals surface area contributed by atoms with Crippen LogP contribution < -0.4 is 5.32 Å². The normalized spacial score (nSPS) is 27.0. The van der Waals surface area contributed by atoms with E-state index in [1.807, 2.05) is 0 Å². The molecule has 0 saturated carbocycles. The lowest BCUT2D eigenvalue weighted by molar-refractivity contribution is -0.306. The zero-order chi connectivity index (χ0) is 28.5. The number of aliphatic hydroxyl groups excluding tert-OH is 8. The zero-order valence-electron chi connectivity index (χ0n) is 22.6. The molecule has 0 bridgehead atoms. The molecule has 0 spiro atoms. The van der Waals surface area contributed by atoms with E-state index in [4.69, 9.17) is 9.47 Å². The molecule has 0 radical (unpaired) electrons. The second-order valence-corrected chi connectivity index (χ2v) is 10.2. The highest BCUT2D eigenvalue weighted by molar-refractivity contribution is 5.81. The summed E-state index contributed by atoms with van der Waals surface area (Å²) >= 11 is 0. The SMILES string of the molecule is CCCCCCCCCCCCCCNC(=O)[C@H](O)[C@@H](O)[C@H](O)[C@H](O)CO[C@H]1OC(CO)[C@H](O)C(O)C1O. The Hall–Kier alpha value is -0.930. The molecule has 226 valence electrons.